The van der Waals surface area contributed by atoms with Crippen molar-refractivity contribution in [2.45, 2.75) is 37.2 Å². The highest BCUT2D eigenvalue weighted by molar-refractivity contribution is 7.89. The van der Waals surface area contributed by atoms with Gasteiger partial charge in [0, 0.05) is 43.7 Å². The molecule has 5 rings (SSSR count). The number of nitrogens with zero attached hydrogens (tertiary/aromatic N) is 5. The van der Waals surface area contributed by atoms with E-state index in [2.05, 4.69) is 50.2 Å². The molecule has 2 aliphatic rings. The minimum Gasteiger partial charge on any atom is -0.368 e. The second-order valence-electron chi connectivity index (χ2n) is 8.77. The van der Waals surface area contributed by atoms with Crippen LogP contribution in [0.4, 0.5) is 0 Å². The molecule has 10 nitrogen and oxygen atoms in total. The molecule has 0 unspecified atom stereocenters. The second kappa shape index (κ2) is 9.94. The van der Waals surface area contributed by atoms with Crippen molar-refractivity contribution in [2.24, 2.45) is 4.99 Å². The number of aliphatic imine (C=N–C) groups is 1. The van der Waals surface area contributed by atoms with Crippen LogP contribution < -0.4 is 10.6 Å². The Balaban J connectivity index is 1.25. The number of hydrogen-bond donors (Lipinski definition) is 2. The summed E-state index contributed by atoms with van der Waals surface area (Å²) < 4.78 is 29.3. The molecule has 1 aromatic heterocycles. The Morgan fingerprint density at radius 3 is 2.58 bits per heavy atom. The Morgan fingerprint density at radius 2 is 1.86 bits per heavy atom. The predicted molar refractivity (Wildman–Crippen MR) is 135 cm³/mol. The van der Waals surface area contributed by atoms with Crippen molar-refractivity contribution in [1.82, 2.24) is 29.9 Å². The molecule has 0 aliphatic carbocycles. The average Bonchev–Trinajstić information content (AvgIpc) is 3.57. The quantitative estimate of drug-likeness (QED) is 0.477. The van der Waals surface area contributed by atoms with Gasteiger partial charge < -0.3 is 10.6 Å². The van der Waals surface area contributed by atoms with Gasteiger partial charge in [0.2, 0.25) is 5.91 Å². The summed E-state index contributed by atoms with van der Waals surface area (Å²) >= 11 is 0. The van der Waals surface area contributed by atoms with E-state index in [0.717, 1.165) is 46.3 Å². The maximum absolute atomic E-state index is 13.3. The van der Waals surface area contributed by atoms with Crippen LogP contribution in [0.15, 0.2) is 77.0 Å². The lowest BCUT2D eigenvalue weighted by Crippen LogP contribution is -2.50. The minimum absolute atomic E-state index is 0.102. The first-order chi connectivity index (χ1) is 17.4. The second-order valence-corrected chi connectivity index (χ2v) is 10.6. The highest BCUT2D eigenvalue weighted by Crippen LogP contribution is 2.23. The standard InChI is InChI=1S/C25H27N7O3S/c1-18-2-8-22(9-3-18)36(34,35)32-15-13-28-25(33)23(32)16-21-17-31(30-29-21)14-10-19-4-6-20(7-5-19)24-26-11-12-27-24/h2-9,13,15,17,23H,10-12,14,16H2,1H3,(H,26,27)(H,28,33)/t23-/m1/s1. The van der Waals surface area contributed by atoms with Gasteiger partial charge in [0.15, 0.2) is 0 Å². The Bertz CT molecular complexity index is 1410. The number of amides is 1. The highest BCUT2D eigenvalue weighted by atomic mass is 32.2. The third-order valence-electron chi connectivity index (χ3n) is 6.17. The van der Waals surface area contributed by atoms with Crippen molar-refractivity contribution in [1.29, 1.82) is 0 Å². The zero-order valence-electron chi connectivity index (χ0n) is 19.8. The van der Waals surface area contributed by atoms with Crippen LogP contribution in [0.3, 0.4) is 0 Å². The van der Waals surface area contributed by atoms with Gasteiger partial charge in [-0.05, 0) is 31.0 Å². The van der Waals surface area contributed by atoms with E-state index in [4.69, 9.17) is 0 Å². The molecule has 3 heterocycles. The molecule has 0 saturated heterocycles. The average molecular weight is 506 g/mol. The monoisotopic (exact) mass is 505 g/mol. The fraction of sp³-hybridized carbons (Fsp3) is 0.280. The van der Waals surface area contributed by atoms with Crippen LogP contribution in [-0.2, 0) is 34.2 Å². The summed E-state index contributed by atoms with van der Waals surface area (Å²) in [6.45, 7) is 4.17. The molecule has 2 aromatic carbocycles. The third-order valence-corrected chi connectivity index (χ3v) is 7.97. The number of nitrogens with one attached hydrogen (secondary N) is 2. The molecule has 0 radical (unpaired) electrons. The molecule has 0 bridgehead atoms. The van der Waals surface area contributed by atoms with Crippen LogP contribution in [0.25, 0.3) is 0 Å². The lowest BCUT2D eigenvalue weighted by atomic mass is 10.1. The van der Waals surface area contributed by atoms with Gasteiger partial charge in [0.1, 0.15) is 11.9 Å². The van der Waals surface area contributed by atoms with Crippen LogP contribution in [0, 0.1) is 6.92 Å². The normalized spacial score (nSPS) is 17.6. The van der Waals surface area contributed by atoms with Gasteiger partial charge in [-0.2, -0.15) is 0 Å². The number of carbonyl (C=O) groups excluding carboxylic acids is 1. The number of benzene rings is 2. The van der Waals surface area contributed by atoms with Crippen LogP contribution >= 0.6 is 0 Å². The molecular formula is C25H27N7O3S. The van der Waals surface area contributed by atoms with Crippen molar-refractivity contribution in [3.8, 4) is 0 Å². The number of carbonyl (C=O) groups is 1. The molecule has 0 saturated carbocycles. The van der Waals surface area contributed by atoms with Gasteiger partial charge in [-0.15, -0.1) is 5.10 Å². The molecule has 0 fully saturated rings. The van der Waals surface area contributed by atoms with Gasteiger partial charge in [-0.25, -0.2) is 8.42 Å². The first kappa shape index (κ1) is 23.7. The molecule has 1 amide bonds. The highest BCUT2D eigenvalue weighted by Gasteiger charge is 2.36. The zero-order valence-corrected chi connectivity index (χ0v) is 20.6. The van der Waals surface area contributed by atoms with Crippen LogP contribution in [0.5, 0.6) is 0 Å². The van der Waals surface area contributed by atoms with Crippen molar-refractivity contribution in [3.05, 3.63) is 89.5 Å². The number of hydrogen-bond acceptors (Lipinski definition) is 7. The van der Waals surface area contributed by atoms with E-state index in [0.29, 0.717) is 12.2 Å². The molecule has 3 aromatic rings. The lowest BCUT2D eigenvalue weighted by Gasteiger charge is -2.31. The fourth-order valence-corrected chi connectivity index (χ4v) is 5.62. The molecule has 0 spiro atoms. The SMILES string of the molecule is Cc1ccc(S(=O)(=O)N2C=CNC(=O)[C@H]2Cc2cn(CCc3ccc(C4=NCCN4)cc3)nn2)cc1. The lowest BCUT2D eigenvalue weighted by molar-refractivity contribution is -0.124. The number of amidine groups is 1. The van der Waals surface area contributed by atoms with Crippen LogP contribution in [-0.4, -0.2) is 58.6 Å². The number of sulfonamides is 1. The number of aromatic nitrogens is 3. The smallest absolute Gasteiger partial charge is 0.264 e. The van der Waals surface area contributed by atoms with Gasteiger partial charge in [-0.3, -0.25) is 18.8 Å². The topological polar surface area (TPSA) is 122 Å². The molecule has 11 heteroatoms. The first-order valence-corrected chi connectivity index (χ1v) is 13.2. The van der Waals surface area contributed by atoms with E-state index < -0.39 is 22.0 Å². The van der Waals surface area contributed by atoms with E-state index in [1.165, 1.54) is 12.4 Å². The van der Waals surface area contributed by atoms with Crippen molar-refractivity contribution in [2.75, 3.05) is 13.1 Å². The van der Waals surface area contributed by atoms with Gasteiger partial charge in [-0.1, -0.05) is 47.2 Å². The predicted octanol–water partition coefficient (Wildman–Crippen LogP) is 1.38. The van der Waals surface area contributed by atoms with Crippen molar-refractivity contribution in [3.63, 3.8) is 0 Å². The van der Waals surface area contributed by atoms with E-state index in [9.17, 15) is 13.2 Å². The first-order valence-electron chi connectivity index (χ1n) is 11.7. The molecule has 2 aliphatic heterocycles. The third kappa shape index (κ3) is 5.01. The molecule has 2 N–H and O–H groups in total. The number of rotatable bonds is 8. The van der Waals surface area contributed by atoms with Crippen molar-refractivity contribution < 1.29 is 13.2 Å². The van der Waals surface area contributed by atoms with E-state index >= 15 is 0 Å². The summed E-state index contributed by atoms with van der Waals surface area (Å²) in [5.74, 6) is 0.520. The molecular weight excluding hydrogens is 478 g/mol. The summed E-state index contributed by atoms with van der Waals surface area (Å²) in [7, 11) is -3.91. The Hall–Kier alpha value is -3.99. The van der Waals surface area contributed by atoms with Gasteiger partial charge in [0.05, 0.1) is 17.1 Å². The van der Waals surface area contributed by atoms with Gasteiger partial charge >= 0.3 is 0 Å². The minimum atomic E-state index is -3.91. The van der Waals surface area contributed by atoms with Crippen LogP contribution in [0.1, 0.15) is 22.4 Å². The molecule has 1 atom stereocenters. The maximum Gasteiger partial charge on any atom is 0.264 e. The van der Waals surface area contributed by atoms with E-state index in [-0.39, 0.29) is 11.3 Å². The molecule has 36 heavy (non-hydrogen) atoms. The van der Waals surface area contributed by atoms with Gasteiger partial charge in [0.25, 0.3) is 10.0 Å². The van der Waals surface area contributed by atoms with E-state index in [1.807, 2.05) is 6.92 Å². The Kier molecular flexibility index (Phi) is 6.55. The zero-order chi connectivity index (χ0) is 25.1. The summed E-state index contributed by atoms with van der Waals surface area (Å²) in [5.41, 5.74) is 3.71. The Labute approximate surface area is 209 Å². The summed E-state index contributed by atoms with van der Waals surface area (Å²) in [5, 5.41) is 14.2. The number of aryl methyl sites for hydroxylation is 3. The largest absolute Gasteiger partial charge is 0.368 e. The maximum atomic E-state index is 13.3. The van der Waals surface area contributed by atoms with Crippen LogP contribution in [0.2, 0.25) is 0 Å². The summed E-state index contributed by atoms with van der Waals surface area (Å²) in [6, 6.07) is 13.8. The molecule has 186 valence electrons. The van der Waals surface area contributed by atoms with Crippen molar-refractivity contribution >= 4 is 21.8 Å². The Morgan fingerprint density at radius 1 is 1.08 bits per heavy atom. The summed E-state index contributed by atoms with van der Waals surface area (Å²) in [6.07, 6.45) is 5.33. The van der Waals surface area contributed by atoms with E-state index in [1.54, 1.807) is 35.1 Å². The summed E-state index contributed by atoms with van der Waals surface area (Å²) in [4.78, 5) is 17.2. The fourth-order valence-electron chi connectivity index (χ4n) is 4.17.